The number of carbonyl (C=O) groups excluding carboxylic acids is 1. The standard InChI is InChI=1S/C16H17N3O2/c1-9-3-6-15(21-9)10(2)19-16(20)13-8-18-14-7-11(17)4-5-12(13)14/h3-8,10,18H,17H2,1-2H3,(H,19,20). The van der Waals surface area contributed by atoms with Gasteiger partial charge < -0.3 is 20.5 Å². The summed E-state index contributed by atoms with van der Waals surface area (Å²) in [4.78, 5) is 15.5. The monoisotopic (exact) mass is 283 g/mol. The molecule has 0 spiro atoms. The first kappa shape index (κ1) is 13.3. The second-order valence-corrected chi connectivity index (χ2v) is 5.15. The number of hydrogen-bond donors (Lipinski definition) is 3. The number of nitrogen functional groups attached to an aromatic ring is 1. The summed E-state index contributed by atoms with van der Waals surface area (Å²) in [5.41, 5.74) is 7.84. The maximum Gasteiger partial charge on any atom is 0.254 e. The van der Waals surface area contributed by atoms with E-state index in [1.54, 1.807) is 12.3 Å². The fraction of sp³-hybridized carbons (Fsp3) is 0.188. The van der Waals surface area contributed by atoms with Crippen molar-refractivity contribution in [3.8, 4) is 0 Å². The van der Waals surface area contributed by atoms with Crippen molar-refractivity contribution < 1.29 is 9.21 Å². The molecule has 108 valence electrons. The van der Waals surface area contributed by atoms with Gasteiger partial charge in [0.2, 0.25) is 0 Å². The number of rotatable bonds is 3. The van der Waals surface area contributed by atoms with Gasteiger partial charge in [-0.2, -0.15) is 0 Å². The molecule has 3 rings (SSSR count). The number of aromatic amines is 1. The molecule has 5 nitrogen and oxygen atoms in total. The summed E-state index contributed by atoms with van der Waals surface area (Å²) in [5, 5.41) is 3.79. The van der Waals surface area contributed by atoms with Gasteiger partial charge in [-0.25, -0.2) is 0 Å². The molecular formula is C16H17N3O2. The third-order valence-corrected chi connectivity index (χ3v) is 3.49. The van der Waals surface area contributed by atoms with Gasteiger partial charge >= 0.3 is 0 Å². The van der Waals surface area contributed by atoms with Crippen molar-refractivity contribution in [2.45, 2.75) is 19.9 Å². The number of nitrogens with two attached hydrogens (primary N) is 1. The van der Waals surface area contributed by atoms with E-state index in [4.69, 9.17) is 10.2 Å². The number of H-pyrrole nitrogens is 1. The van der Waals surface area contributed by atoms with Gasteiger partial charge in [0.25, 0.3) is 5.91 Å². The highest BCUT2D eigenvalue weighted by atomic mass is 16.3. The van der Waals surface area contributed by atoms with Crippen molar-refractivity contribution in [1.82, 2.24) is 10.3 Å². The lowest BCUT2D eigenvalue weighted by molar-refractivity contribution is 0.0937. The van der Waals surface area contributed by atoms with Crippen LogP contribution in [0.2, 0.25) is 0 Å². The number of carbonyl (C=O) groups is 1. The smallest absolute Gasteiger partial charge is 0.254 e. The Kier molecular flexibility index (Phi) is 3.17. The number of hydrogen-bond acceptors (Lipinski definition) is 3. The fourth-order valence-corrected chi connectivity index (χ4v) is 2.36. The van der Waals surface area contributed by atoms with Crippen LogP contribution in [0.3, 0.4) is 0 Å². The minimum absolute atomic E-state index is 0.146. The first-order chi connectivity index (χ1) is 10.0. The summed E-state index contributed by atoms with van der Waals surface area (Å²) in [6.45, 7) is 3.77. The summed E-state index contributed by atoms with van der Waals surface area (Å²) in [6, 6.07) is 9.00. The highest BCUT2D eigenvalue weighted by molar-refractivity contribution is 6.07. The maximum absolute atomic E-state index is 12.4. The second kappa shape index (κ2) is 5.01. The Labute approximate surface area is 122 Å². The molecule has 4 N–H and O–H groups in total. The Hall–Kier alpha value is -2.69. The van der Waals surface area contributed by atoms with Crippen LogP contribution in [0.4, 0.5) is 5.69 Å². The number of benzene rings is 1. The highest BCUT2D eigenvalue weighted by Crippen LogP contribution is 2.22. The number of furan rings is 1. The number of anilines is 1. The first-order valence-electron chi connectivity index (χ1n) is 6.78. The molecule has 0 aliphatic rings. The number of nitrogens with one attached hydrogen (secondary N) is 2. The lowest BCUT2D eigenvalue weighted by Gasteiger charge is -2.11. The molecule has 1 aromatic carbocycles. The Morgan fingerprint density at radius 2 is 2.14 bits per heavy atom. The van der Waals surface area contributed by atoms with E-state index < -0.39 is 0 Å². The maximum atomic E-state index is 12.4. The van der Waals surface area contributed by atoms with Crippen LogP contribution in [0.25, 0.3) is 10.9 Å². The molecule has 0 fully saturated rings. The Morgan fingerprint density at radius 3 is 2.86 bits per heavy atom. The summed E-state index contributed by atoms with van der Waals surface area (Å²) in [7, 11) is 0. The Balaban J connectivity index is 1.84. The van der Waals surface area contributed by atoms with E-state index in [0.29, 0.717) is 11.3 Å². The van der Waals surface area contributed by atoms with Crippen molar-refractivity contribution in [2.75, 3.05) is 5.73 Å². The lowest BCUT2D eigenvalue weighted by atomic mass is 10.1. The van der Waals surface area contributed by atoms with E-state index in [9.17, 15) is 4.79 Å². The number of fused-ring (bicyclic) bond motifs is 1. The van der Waals surface area contributed by atoms with Crippen molar-refractivity contribution >= 4 is 22.5 Å². The summed E-state index contributed by atoms with van der Waals surface area (Å²) in [5.74, 6) is 1.42. The molecule has 1 unspecified atom stereocenters. The third kappa shape index (κ3) is 2.50. The Morgan fingerprint density at radius 1 is 1.33 bits per heavy atom. The largest absolute Gasteiger partial charge is 0.464 e. The second-order valence-electron chi connectivity index (χ2n) is 5.15. The van der Waals surface area contributed by atoms with Crippen molar-refractivity contribution in [3.05, 3.63) is 53.6 Å². The molecule has 0 saturated heterocycles. The van der Waals surface area contributed by atoms with Gasteiger partial charge in [0.05, 0.1) is 11.6 Å². The molecule has 5 heteroatoms. The molecule has 2 heterocycles. The van der Waals surface area contributed by atoms with E-state index in [-0.39, 0.29) is 11.9 Å². The average molecular weight is 283 g/mol. The molecule has 0 radical (unpaired) electrons. The van der Waals surface area contributed by atoms with E-state index in [1.165, 1.54) is 0 Å². The molecule has 3 aromatic rings. The van der Waals surface area contributed by atoms with Crippen LogP contribution in [0.5, 0.6) is 0 Å². The third-order valence-electron chi connectivity index (χ3n) is 3.49. The SMILES string of the molecule is Cc1ccc(C(C)NC(=O)c2c[nH]c3cc(N)ccc23)o1. The molecule has 1 atom stereocenters. The zero-order valence-corrected chi connectivity index (χ0v) is 11.9. The van der Waals surface area contributed by atoms with E-state index in [0.717, 1.165) is 22.4 Å². The zero-order chi connectivity index (χ0) is 15.0. The highest BCUT2D eigenvalue weighted by Gasteiger charge is 2.17. The molecule has 0 aliphatic heterocycles. The van der Waals surface area contributed by atoms with E-state index >= 15 is 0 Å². The quantitative estimate of drug-likeness (QED) is 0.646. The van der Waals surface area contributed by atoms with Crippen molar-refractivity contribution in [3.63, 3.8) is 0 Å². The molecule has 1 amide bonds. The van der Waals surface area contributed by atoms with Crippen LogP contribution in [-0.4, -0.2) is 10.9 Å². The molecule has 0 bridgehead atoms. The fourth-order valence-electron chi connectivity index (χ4n) is 2.36. The molecule has 21 heavy (non-hydrogen) atoms. The van der Waals surface area contributed by atoms with Crippen LogP contribution in [0.1, 0.15) is 34.8 Å². The Bertz CT molecular complexity index is 801. The first-order valence-corrected chi connectivity index (χ1v) is 6.78. The predicted molar refractivity (Wildman–Crippen MR) is 82.0 cm³/mol. The van der Waals surface area contributed by atoms with Gasteiger partial charge in [-0.15, -0.1) is 0 Å². The lowest BCUT2D eigenvalue weighted by Crippen LogP contribution is -2.26. The molecule has 2 aromatic heterocycles. The predicted octanol–water partition coefficient (Wildman–Crippen LogP) is 3.14. The van der Waals surface area contributed by atoms with Crippen LogP contribution >= 0.6 is 0 Å². The molecule has 0 aliphatic carbocycles. The zero-order valence-electron chi connectivity index (χ0n) is 11.9. The minimum Gasteiger partial charge on any atom is -0.464 e. The van der Waals surface area contributed by atoms with Gasteiger partial charge in [-0.05, 0) is 44.2 Å². The summed E-state index contributed by atoms with van der Waals surface area (Å²) >= 11 is 0. The molecular weight excluding hydrogens is 266 g/mol. The van der Waals surface area contributed by atoms with Gasteiger partial charge in [0.1, 0.15) is 11.5 Å². The normalized spacial score (nSPS) is 12.5. The number of aromatic nitrogens is 1. The number of amides is 1. The molecule has 0 saturated carbocycles. The summed E-state index contributed by atoms with van der Waals surface area (Å²) in [6.07, 6.45) is 1.69. The number of aryl methyl sites for hydroxylation is 1. The van der Waals surface area contributed by atoms with E-state index in [1.807, 2.05) is 38.1 Å². The van der Waals surface area contributed by atoms with Crippen LogP contribution in [0, 0.1) is 6.92 Å². The minimum atomic E-state index is -0.190. The van der Waals surface area contributed by atoms with E-state index in [2.05, 4.69) is 10.3 Å². The van der Waals surface area contributed by atoms with Crippen LogP contribution < -0.4 is 11.1 Å². The van der Waals surface area contributed by atoms with Crippen LogP contribution in [-0.2, 0) is 0 Å². The van der Waals surface area contributed by atoms with Gasteiger partial charge in [-0.3, -0.25) is 4.79 Å². The van der Waals surface area contributed by atoms with Crippen molar-refractivity contribution in [2.24, 2.45) is 0 Å². The topological polar surface area (TPSA) is 84.0 Å². The van der Waals surface area contributed by atoms with Gasteiger partial charge in [-0.1, -0.05) is 0 Å². The van der Waals surface area contributed by atoms with Gasteiger partial charge in [0, 0.05) is 22.8 Å². The van der Waals surface area contributed by atoms with Gasteiger partial charge in [0.15, 0.2) is 0 Å². The van der Waals surface area contributed by atoms with Crippen LogP contribution in [0.15, 0.2) is 40.9 Å². The average Bonchev–Trinajstić information content (AvgIpc) is 3.04. The van der Waals surface area contributed by atoms with Crippen molar-refractivity contribution in [1.29, 1.82) is 0 Å². The summed E-state index contributed by atoms with van der Waals surface area (Å²) < 4.78 is 5.53.